The minimum Gasteiger partial charge on any atom is -0.341 e. The van der Waals surface area contributed by atoms with Crippen molar-refractivity contribution in [1.82, 2.24) is 4.57 Å². The zero-order chi connectivity index (χ0) is 12.0. The first-order valence-corrected chi connectivity index (χ1v) is 6.09. The molecule has 1 aromatic heterocycles. The number of aryl methyl sites for hydroxylation is 1. The molecule has 1 aliphatic heterocycles. The smallest absolute Gasteiger partial charge is 0.153 e. The van der Waals surface area contributed by atoms with E-state index in [2.05, 4.69) is 15.8 Å². The van der Waals surface area contributed by atoms with E-state index in [0.29, 0.717) is 5.17 Å². The van der Waals surface area contributed by atoms with E-state index in [4.69, 9.17) is 23.2 Å². The summed E-state index contributed by atoms with van der Waals surface area (Å²) in [6.45, 7) is 2.80. The lowest BCUT2D eigenvalue weighted by Gasteiger charge is -2.06. The van der Waals surface area contributed by atoms with Gasteiger partial charge in [0.2, 0.25) is 0 Å². The average molecular weight is 265 g/mol. The normalized spacial score (nSPS) is 13.7. The first-order valence-electron chi connectivity index (χ1n) is 5.33. The van der Waals surface area contributed by atoms with Gasteiger partial charge in [0.05, 0.1) is 11.4 Å². The molecule has 0 spiro atoms. The molecule has 0 bridgehead atoms. The van der Waals surface area contributed by atoms with Crippen LogP contribution in [0, 0.1) is 6.92 Å². The molecule has 4 heteroatoms. The molecule has 0 N–H and O–H groups in total. The molecule has 0 unspecified atom stereocenters. The van der Waals surface area contributed by atoms with Crippen LogP contribution in [-0.4, -0.2) is 9.74 Å². The van der Waals surface area contributed by atoms with Crippen LogP contribution in [0.25, 0.3) is 0 Å². The Morgan fingerprint density at radius 2 is 2.06 bits per heavy atom. The maximum atomic E-state index is 6.23. The number of fused-ring (bicyclic) bond motifs is 2. The molecule has 0 aliphatic carbocycles. The third-order valence-electron chi connectivity index (χ3n) is 2.85. The number of hydrogen-bond acceptors (Lipinski definition) is 1. The quantitative estimate of drug-likeness (QED) is 0.681. The van der Waals surface area contributed by atoms with Crippen LogP contribution in [-0.2, 0) is 6.54 Å². The highest BCUT2D eigenvalue weighted by molar-refractivity contribution is 6.69. The molecule has 2 aromatic rings. The molecule has 0 saturated carbocycles. The minimum atomic E-state index is 0.527. The van der Waals surface area contributed by atoms with E-state index in [1.165, 1.54) is 5.56 Å². The second-order valence-corrected chi connectivity index (χ2v) is 5.00. The summed E-state index contributed by atoms with van der Waals surface area (Å²) < 4.78 is 2.10. The lowest BCUT2D eigenvalue weighted by Crippen LogP contribution is -2.03. The predicted octanol–water partition coefficient (Wildman–Crippen LogP) is 4.13. The molecule has 0 saturated heterocycles. The van der Waals surface area contributed by atoms with Crippen molar-refractivity contribution >= 4 is 34.1 Å². The monoisotopic (exact) mass is 264 g/mol. The molecular formula is C13H10Cl2N2. The highest BCUT2D eigenvalue weighted by Crippen LogP contribution is 2.29. The van der Waals surface area contributed by atoms with Gasteiger partial charge in [0.1, 0.15) is 0 Å². The molecule has 0 atom stereocenters. The van der Waals surface area contributed by atoms with Crippen LogP contribution >= 0.6 is 23.2 Å². The number of rotatable bonds is 0. The third kappa shape index (κ3) is 1.88. The van der Waals surface area contributed by atoms with Crippen molar-refractivity contribution in [3.63, 3.8) is 0 Å². The first kappa shape index (κ1) is 10.9. The van der Waals surface area contributed by atoms with Crippen LogP contribution in [0.2, 0.25) is 5.02 Å². The van der Waals surface area contributed by atoms with Gasteiger partial charge in [0.25, 0.3) is 0 Å². The van der Waals surface area contributed by atoms with Gasteiger partial charge in [-0.2, -0.15) is 0 Å². The molecule has 0 radical (unpaired) electrons. The maximum Gasteiger partial charge on any atom is 0.153 e. The molecule has 3 rings (SSSR count). The van der Waals surface area contributed by atoms with Crippen molar-refractivity contribution in [1.29, 1.82) is 0 Å². The van der Waals surface area contributed by atoms with E-state index in [1.54, 1.807) is 0 Å². The van der Waals surface area contributed by atoms with Crippen molar-refractivity contribution in [2.45, 2.75) is 13.5 Å². The molecule has 2 nitrogen and oxygen atoms in total. The standard InChI is InChI=1S/C13H10Cl2N2/c1-8-4-12-13(15)16-11-3-2-10(14)5-9(11)7-17(12)6-8/h2-6H,7H2,1H3. The fraction of sp³-hybridized carbons (Fsp3) is 0.154. The van der Waals surface area contributed by atoms with Gasteiger partial charge < -0.3 is 4.57 Å². The van der Waals surface area contributed by atoms with Gasteiger partial charge in [0, 0.05) is 17.8 Å². The Balaban J connectivity index is 2.22. The van der Waals surface area contributed by atoms with Gasteiger partial charge in [-0.05, 0) is 42.3 Å². The Morgan fingerprint density at radius 3 is 2.88 bits per heavy atom. The first-order chi connectivity index (χ1) is 8.13. The summed E-state index contributed by atoms with van der Waals surface area (Å²) in [6, 6.07) is 7.72. The van der Waals surface area contributed by atoms with E-state index in [-0.39, 0.29) is 0 Å². The number of hydrogen-bond donors (Lipinski definition) is 0. The van der Waals surface area contributed by atoms with Crippen molar-refractivity contribution in [2.24, 2.45) is 4.99 Å². The molecule has 0 amide bonds. The summed E-state index contributed by atoms with van der Waals surface area (Å²) in [6.07, 6.45) is 2.07. The fourth-order valence-electron chi connectivity index (χ4n) is 2.10. The van der Waals surface area contributed by atoms with Crippen LogP contribution in [0.1, 0.15) is 16.8 Å². The van der Waals surface area contributed by atoms with Gasteiger partial charge in [0.15, 0.2) is 5.17 Å². The summed E-state index contributed by atoms with van der Waals surface area (Å²) in [4.78, 5) is 4.44. The van der Waals surface area contributed by atoms with Gasteiger partial charge in [-0.25, -0.2) is 4.99 Å². The third-order valence-corrected chi connectivity index (χ3v) is 3.36. The van der Waals surface area contributed by atoms with E-state index >= 15 is 0 Å². The Labute approximate surface area is 109 Å². The second-order valence-electron chi connectivity index (χ2n) is 4.21. The van der Waals surface area contributed by atoms with Crippen LogP contribution in [0.5, 0.6) is 0 Å². The van der Waals surface area contributed by atoms with Gasteiger partial charge in [-0.1, -0.05) is 23.2 Å². The van der Waals surface area contributed by atoms with Crippen LogP contribution < -0.4 is 0 Å². The number of aromatic nitrogens is 1. The SMILES string of the molecule is Cc1cc2n(c1)Cc1cc(Cl)ccc1N=C2Cl. The summed E-state index contributed by atoms with van der Waals surface area (Å²) in [5.74, 6) is 0. The Bertz CT molecular complexity index is 626. The summed E-state index contributed by atoms with van der Waals surface area (Å²) >= 11 is 12.2. The molecule has 1 aromatic carbocycles. The van der Waals surface area contributed by atoms with Crippen LogP contribution in [0.3, 0.4) is 0 Å². The van der Waals surface area contributed by atoms with Crippen LogP contribution in [0.4, 0.5) is 5.69 Å². The molecule has 17 heavy (non-hydrogen) atoms. The second kappa shape index (κ2) is 3.90. The van der Waals surface area contributed by atoms with Crippen LogP contribution in [0.15, 0.2) is 35.5 Å². The summed E-state index contributed by atoms with van der Waals surface area (Å²) in [7, 11) is 0. The Hall–Kier alpha value is -1.25. The molecule has 86 valence electrons. The van der Waals surface area contributed by atoms with E-state index < -0.39 is 0 Å². The highest BCUT2D eigenvalue weighted by atomic mass is 35.5. The molecule has 2 heterocycles. The van der Waals surface area contributed by atoms with Crippen molar-refractivity contribution in [2.75, 3.05) is 0 Å². The lowest BCUT2D eigenvalue weighted by atomic mass is 10.2. The van der Waals surface area contributed by atoms with Gasteiger partial charge >= 0.3 is 0 Å². The van der Waals surface area contributed by atoms with Crippen molar-refractivity contribution in [3.8, 4) is 0 Å². The number of halogens is 2. The highest BCUT2D eigenvalue weighted by Gasteiger charge is 2.15. The van der Waals surface area contributed by atoms with Gasteiger partial charge in [-0.15, -0.1) is 0 Å². The molecular weight excluding hydrogens is 255 g/mol. The van der Waals surface area contributed by atoms with Crippen molar-refractivity contribution < 1.29 is 0 Å². The zero-order valence-electron chi connectivity index (χ0n) is 9.24. The number of aliphatic imine (C=N–C) groups is 1. The largest absolute Gasteiger partial charge is 0.341 e. The summed E-state index contributed by atoms with van der Waals surface area (Å²) in [5.41, 5.74) is 4.11. The Kier molecular flexibility index (Phi) is 2.49. The minimum absolute atomic E-state index is 0.527. The molecule has 1 aliphatic rings. The van der Waals surface area contributed by atoms with E-state index in [1.807, 2.05) is 31.2 Å². The maximum absolute atomic E-state index is 6.23. The van der Waals surface area contributed by atoms with E-state index in [9.17, 15) is 0 Å². The predicted molar refractivity (Wildman–Crippen MR) is 71.8 cm³/mol. The lowest BCUT2D eigenvalue weighted by molar-refractivity contribution is 0.803. The van der Waals surface area contributed by atoms with E-state index in [0.717, 1.165) is 28.5 Å². The number of benzene rings is 1. The average Bonchev–Trinajstić information content (AvgIpc) is 2.58. The van der Waals surface area contributed by atoms with Gasteiger partial charge in [-0.3, -0.25) is 0 Å². The number of nitrogens with zero attached hydrogens (tertiary/aromatic N) is 2. The fourth-order valence-corrected chi connectivity index (χ4v) is 2.55. The topological polar surface area (TPSA) is 17.3 Å². The Morgan fingerprint density at radius 1 is 1.24 bits per heavy atom. The zero-order valence-corrected chi connectivity index (χ0v) is 10.8. The molecule has 0 fully saturated rings. The summed E-state index contributed by atoms with van der Waals surface area (Å²) in [5, 5.41) is 1.25. The van der Waals surface area contributed by atoms with Crippen molar-refractivity contribution in [3.05, 3.63) is 52.3 Å².